The van der Waals surface area contributed by atoms with E-state index in [2.05, 4.69) is 138 Å². The van der Waals surface area contributed by atoms with Gasteiger partial charge in [-0.3, -0.25) is 0 Å². The van der Waals surface area contributed by atoms with Crippen molar-refractivity contribution in [1.29, 1.82) is 0 Å². The van der Waals surface area contributed by atoms with Crippen LogP contribution in [0.5, 0.6) is 11.5 Å². The van der Waals surface area contributed by atoms with Gasteiger partial charge in [0.2, 0.25) is 0 Å². The Kier molecular flexibility index (Phi) is 5.78. The molecule has 0 atom stereocenters. The molecule has 1 aliphatic heterocycles. The van der Waals surface area contributed by atoms with Crippen molar-refractivity contribution in [1.82, 2.24) is 4.98 Å². The molecule has 0 radical (unpaired) electrons. The van der Waals surface area contributed by atoms with Crippen LogP contribution >= 0.6 is 11.8 Å². The van der Waals surface area contributed by atoms with Gasteiger partial charge in [-0.1, -0.05) is 115 Å². The molecule has 1 aliphatic rings. The molecule has 44 heavy (non-hydrogen) atoms. The Morgan fingerprint density at radius 2 is 0.909 bits per heavy atom. The zero-order chi connectivity index (χ0) is 29.0. The van der Waals surface area contributed by atoms with Gasteiger partial charge in [0.1, 0.15) is 10.8 Å². The second kappa shape index (κ2) is 10.1. The molecule has 9 rings (SSSR count). The monoisotopic (exact) mass is 579 g/mol. The molecule has 206 valence electrons. The van der Waals surface area contributed by atoms with E-state index in [9.17, 15) is 0 Å². The van der Waals surface area contributed by atoms with Gasteiger partial charge < -0.3 is 4.74 Å². The van der Waals surface area contributed by atoms with Crippen molar-refractivity contribution in [2.75, 3.05) is 0 Å². The molecule has 0 amide bonds. The summed E-state index contributed by atoms with van der Waals surface area (Å²) in [6, 6.07) is 52.4. The summed E-state index contributed by atoms with van der Waals surface area (Å²) < 4.78 is 6.10. The third-order valence-electron chi connectivity index (χ3n) is 8.58. The molecule has 8 aromatic rings. The van der Waals surface area contributed by atoms with Crippen molar-refractivity contribution in [3.63, 3.8) is 0 Å². The Morgan fingerprint density at radius 3 is 1.55 bits per heavy atom. The van der Waals surface area contributed by atoms with Crippen LogP contribution in [0.3, 0.4) is 0 Å². The minimum atomic E-state index is 0.813. The molecule has 0 bridgehead atoms. The van der Waals surface area contributed by atoms with Gasteiger partial charge in [0.25, 0.3) is 0 Å². The minimum absolute atomic E-state index is 0.813. The first kappa shape index (κ1) is 25.1. The summed E-state index contributed by atoms with van der Waals surface area (Å²) in [6.07, 6.45) is 1.81. The molecule has 7 aromatic carbocycles. The number of pyridine rings is 1. The summed E-state index contributed by atoms with van der Waals surface area (Å²) >= 11 is 1.66. The van der Waals surface area contributed by atoms with Crippen molar-refractivity contribution in [3.05, 3.63) is 152 Å². The van der Waals surface area contributed by atoms with Crippen LogP contribution in [0.15, 0.2) is 162 Å². The fourth-order valence-electron chi connectivity index (χ4n) is 6.45. The topological polar surface area (TPSA) is 22.1 Å². The van der Waals surface area contributed by atoms with E-state index in [1.54, 1.807) is 11.8 Å². The van der Waals surface area contributed by atoms with Crippen molar-refractivity contribution in [2.24, 2.45) is 0 Å². The van der Waals surface area contributed by atoms with E-state index >= 15 is 0 Å². The van der Waals surface area contributed by atoms with E-state index in [1.165, 1.54) is 60.1 Å². The second-order valence-corrected chi connectivity index (χ2v) is 12.2. The van der Waals surface area contributed by atoms with E-state index < -0.39 is 0 Å². The Labute approximate surface area is 259 Å². The van der Waals surface area contributed by atoms with Crippen molar-refractivity contribution >= 4 is 44.1 Å². The lowest BCUT2D eigenvalue weighted by Crippen LogP contribution is -1.96. The summed E-state index contributed by atoms with van der Waals surface area (Å²) in [4.78, 5) is 5.57. The highest BCUT2D eigenvalue weighted by Gasteiger charge is 2.19. The van der Waals surface area contributed by atoms with E-state index in [-0.39, 0.29) is 0 Å². The first-order valence-electron chi connectivity index (χ1n) is 14.8. The normalized spacial score (nSPS) is 12.2. The predicted molar refractivity (Wildman–Crippen MR) is 184 cm³/mol. The Morgan fingerprint density at radius 1 is 0.386 bits per heavy atom. The van der Waals surface area contributed by atoms with Gasteiger partial charge in [-0.15, -0.1) is 0 Å². The fourth-order valence-corrected chi connectivity index (χ4v) is 7.38. The van der Waals surface area contributed by atoms with Gasteiger partial charge in [0, 0.05) is 6.20 Å². The van der Waals surface area contributed by atoms with Crippen LogP contribution in [-0.2, 0) is 0 Å². The van der Waals surface area contributed by atoms with Crippen molar-refractivity contribution in [3.8, 4) is 44.9 Å². The third kappa shape index (κ3) is 4.16. The molecule has 0 aliphatic carbocycles. The standard InChI is InChI=1S/C41H25NOS/c1-2-14-34-32(12-1)33-13-3-4-15-35(33)37-24-30(17-19-36(34)37)28-10-5-8-26(22-28)27-9-6-11-29(23-27)31-18-20-38-40(25-31)44-41-39(43-38)16-7-21-42-41/h1-25H. The number of fused-ring (bicyclic) bond motifs is 8. The molecule has 2 heterocycles. The molecule has 3 heteroatoms. The number of rotatable bonds is 3. The molecule has 0 spiro atoms. The van der Waals surface area contributed by atoms with Crippen LogP contribution in [0.1, 0.15) is 0 Å². The number of benzene rings is 7. The molecule has 0 saturated heterocycles. The van der Waals surface area contributed by atoms with Gasteiger partial charge in [-0.25, -0.2) is 4.98 Å². The zero-order valence-electron chi connectivity index (χ0n) is 23.7. The fraction of sp³-hybridized carbons (Fsp3) is 0. The molecule has 0 N–H and O–H groups in total. The summed E-state index contributed by atoms with van der Waals surface area (Å²) in [5, 5.41) is 8.67. The predicted octanol–water partition coefficient (Wildman–Crippen LogP) is 11.8. The number of hydrogen-bond donors (Lipinski definition) is 0. The molecule has 0 unspecified atom stereocenters. The molecular formula is C41H25NOS. The number of ether oxygens (including phenoxy) is 1. The lowest BCUT2D eigenvalue weighted by atomic mass is 9.91. The highest BCUT2D eigenvalue weighted by molar-refractivity contribution is 7.99. The average molecular weight is 580 g/mol. The number of aromatic nitrogens is 1. The van der Waals surface area contributed by atoms with E-state index in [0.29, 0.717) is 0 Å². The summed E-state index contributed by atoms with van der Waals surface area (Å²) in [6.45, 7) is 0. The van der Waals surface area contributed by atoms with E-state index in [1.807, 2.05) is 18.3 Å². The molecule has 1 aromatic heterocycles. The largest absolute Gasteiger partial charge is 0.453 e. The zero-order valence-corrected chi connectivity index (χ0v) is 24.5. The maximum atomic E-state index is 6.10. The molecule has 0 saturated carbocycles. The summed E-state index contributed by atoms with van der Waals surface area (Å²) in [5.41, 5.74) is 7.15. The first-order valence-corrected chi connectivity index (χ1v) is 15.6. The quantitative estimate of drug-likeness (QED) is 0.194. The summed E-state index contributed by atoms with van der Waals surface area (Å²) in [5.74, 6) is 1.69. The SMILES string of the molecule is c1cc(-c2cccc(-c3ccc4c5ccccc5c5ccccc5c4c3)c2)cc(-c2ccc3c(c2)Sc2ncccc2O3)c1. The average Bonchev–Trinajstić information content (AvgIpc) is 3.10. The molecular weight excluding hydrogens is 555 g/mol. The third-order valence-corrected chi connectivity index (χ3v) is 9.61. The van der Waals surface area contributed by atoms with Crippen LogP contribution in [0.4, 0.5) is 0 Å². The van der Waals surface area contributed by atoms with Gasteiger partial charge in [0.15, 0.2) is 5.75 Å². The van der Waals surface area contributed by atoms with Gasteiger partial charge in [0.05, 0.1) is 4.90 Å². The van der Waals surface area contributed by atoms with Crippen LogP contribution < -0.4 is 4.74 Å². The maximum Gasteiger partial charge on any atom is 0.160 e. The molecule has 0 fully saturated rings. The highest BCUT2D eigenvalue weighted by Crippen LogP contribution is 2.47. The van der Waals surface area contributed by atoms with Crippen LogP contribution in [-0.4, -0.2) is 4.98 Å². The summed E-state index contributed by atoms with van der Waals surface area (Å²) in [7, 11) is 0. The Balaban J connectivity index is 1.10. The maximum absolute atomic E-state index is 6.10. The second-order valence-electron chi connectivity index (χ2n) is 11.2. The lowest BCUT2D eigenvalue weighted by molar-refractivity contribution is 0.449. The van der Waals surface area contributed by atoms with Gasteiger partial charge >= 0.3 is 0 Å². The number of hydrogen-bond acceptors (Lipinski definition) is 3. The first-order chi connectivity index (χ1) is 21.8. The van der Waals surface area contributed by atoms with Crippen LogP contribution in [0, 0.1) is 0 Å². The van der Waals surface area contributed by atoms with E-state index in [4.69, 9.17) is 4.74 Å². The van der Waals surface area contributed by atoms with E-state index in [0.717, 1.165) is 27.0 Å². The smallest absolute Gasteiger partial charge is 0.160 e. The Hall–Kier alpha value is -5.38. The van der Waals surface area contributed by atoms with Crippen LogP contribution in [0.25, 0.3) is 65.7 Å². The minimum Gasteiger partial charge on any atom is -0.453 e. The highest BCUT2D eigenvalue weighted by atomic mass is 32.2. The van der Waals surface area contributed by atoms with Crippen LogP contribution in [0.2, 0.25) is 0 Å². The van der Waals surface area contributed by atoms with Gasteiger partial charge in [-0.2, -0.15) is 0 Å². The Bertz CT molecular complexity index is 2380. The van der Waals surface area contributed by atoms with Gasteiger partial charge in [-0.05, 0) is 108 Å². The lowest BCUT2D eigenvalue weighted by Gasteiger charge is -2.19. The van der Waals surface area contributed by atoms with Crippen molar-refractivity contribution in [2.45, 2.75) is 9.92 Å². The van der Waals surface area contributed by atoms with Crippen molar-refractivity contribution < 1.29 is 4.74 Å². The molecule has 2 nitrogen and oxygen atoms in total. The number of nitrogens with zero attached hydrogens (tertiary/aromatic N) is 1.